The van der Waals surface area contributed by atoms with Crippen LogP contribution in [0.5, 0.6) is 0 Å². The molecule has 0 amide bonds. The Morgan fingerprint density at radius 3 is 2.09 bits per heavy atom. The van der Waals surface area contributed by atoms with Gasteiger partial charge in [0.1, 0.15) is 0 Å². The predicted molar refractivity (Wildman–Crippen MR) is 97.5 cm³/mol. The first-order valence-electron chi connectivity index (χ1n) is 9.98. The summed E-state index contributed by atoms with van der Waals surface area (Å²) >= 11 is 0. The minimum absolute atomic E-state index is 0.00692. The van der Waals surface area contributed by atoms with Crippen molar-refractivity contribution < 1.29 is 9.53 Å². The number of nitrogens with one attached hydrogen (secondary N) is 1. The van der Waals surface area contributed by atoms with Crippen LogP contribution in [0.2, 0.25) is 0 Å². The van der Waals surface area contributed by atoms with E-state index in [1.165, 1.54) is 77.7 Å². The van der Waals surface area contributed by atoms with Crippen molar-refractivity contribution in [3.05, 3.63) is 0 Å². The van der Waals surface area contributed by atoms with Crippen LogP contribution in [0.1, 0.15) is 90.4 Å². The van der Waals surface area contributed by atoms with E-state index in [4.69, 9.17) is 4.74 Å². The van der Waals surface area contributed by atoms with Gasteiger partial charge >= 0.3 is 5.97 Å². The fourth-order valence-electron chi connectivity index (χ4n) is 4.04. The van der Waals surface area contributed by atoms with Gasteiger partial charge in [-0.3, -0.25) is 4.79 Å². The lowest BCUT2D eigenvalue weighted by atomic mass is 9.77. The number of carbonyl (C=O) groups excluding carboxylic acids is 1. The molecule has 0 aromatic carbocycles. The lowest BCUT2D eigenvalue weighted by Gasteiger charge is -2.33. The molecule has 1 N–H and O–H groups in total. The summed E-state index contributed by atoms with van der Waals surface area (Å²) in [6.07, 6.45) is 16.7. The Balaban J connectivity index is 2.11. The molecule has 3 heteroatoms. The molecular weight excluding hydrogens is 286 g/mol. The SMILES string of the molecule is CCCCCCCCCCC(NC)[C@H]1CC[C@H](C(=O)OC)CC1. The molecule has 0 radical (unpaired) electrons. The van der Waals surface area contributed by atoms with Crippen LogP contribution in [0, 0.1) is 11.8 Å². The van der Waals surface area contributed by atoms with Gasteiger partial charge in [-0.25, -0.2) is 0 Å². The zero-order valence-electron chi connectivity index (χ0n) is 15.7. The Morgan fingerprint density at radius 2 is 1.57 bits per heavy atom. The molecule has 0 bridgehead atoms. The van der Waals surface area contributed by atoms with E-state index in [0.717, 1.165) is 18.8 Å². The molecule has 1 saturated carbocycles. The highest BCUT2D eigenvalue weighted by atomic mass is 16.5. The molecule has 0 aliphatic heterocycles. The third-order valence-corrected chi connectivity index (χ3v) is 5.61. The first kappa shape index (κ1) is 20.5. The summed E-state index contributed by atoms with van der Waals surface area (Å²) in [4.78, 5) is 11.6. The summed E-state index contributed by atoms with van der Waals surface area (Å²) in [6, 6.07) is 0.633. The van der Waals surface area contributed by atoms with Crippen LogP contribution in [0.4, 0.5) is 0 Å². The number of unbranched alkanes of at least 4 members (excludes halogenated alkanes) is 7. The fourth-order valence-corrected chi connectivity index (χ4v) is 4.04. The first-order valence-corrected chi connectivity index (χ1v) is 9.98. The number of rotatable bonds is 12. The van der Waals surface area contributed by atoms with E-state index in [0.29, 0.717) is 6.04 Å². The largest absolute Gasteiger partial charge is 0.469 e. The summed E-state index contributed by atoms with van der Waals surface area (Å²) in [7, 11) is 3.61. The third-order valence-electron chi connectivity index (χ3n) is 5.61. The molecule has 1 aliphatic rings. The van der Waals surface area contributed by atoms with E-state index < -0.39 is 0 Å². The zero-order valence-corrected chi connectivity index (χ0v) is 15.7. The van der Waals surface area contributed by atoms with Crippen molar-refractivity contribution >= 4 is 5.97 Å². The average Bonchev–Trinajstić information content (AvgIpc) is 2.60. The van der Waals surface area contributed by atoms with Crippen LogP contribution in [0.15, 0.2) is 0 Å². The molecule has 1 unspecified atom stereocenters. The number of esters is 1. The molecule has 0 spiro atoms. The van der Waals surface area contributed by atoms with E-state index in [-0.39, 0.29) is 11.9 Å². The molecular formula is C20H39NO2. The van der Waals surface area contributed by atoms with E-state index in [2.05, 4.69) is 19.3 Å². The predicted octanol–water partition coefficient (Wildman–Crippen LogP) is 5.08. The molecule has 1 fully saturated rings. The normalized spacial score (nSPS) is 22.7. The van der Waals surface area contributed by atoms with Crippen LogP contribution in [0.25, 0.3) is 0 Å². The van der Waals surface area contributed by atoms with E-state index in [1.807, 2.05) is 0 Å². The molecule has 0 saturated heterocycles. The zero-order chi connectivity index (χ0) is 16.9. The van der Waals surface area contributed by atoms with Gasteiger partial charge in [-0.15, -0.1) is 0 Å². The minimum Gasteiger partial charge on any atom is -0.469 e. The van der Waals surface area contributed by atoms with Gasteiger partial charge in [0.15, 0.2) is 0 Å². The van der Waals surface area contributed by atoms with Gasteiger partial charge in [0, 0.05) is 6.04 Å². The highest BCUT2D eigenvalue weighted by Gasteiger charge is 2.30. The van der Waals surface area contributed by atoms with Crippen molar-refractivity contribution in [2.24, 2.45) is 11.8 Å². The third kappa shape index (κ3) is 8.19. The standard InChI is InChI=1S/C20H39NO2/c1-4-5-6-7-8-9-10-11-12-19(21-2)17-13-15-18(16-14-17)20(22)23-3/h17-19,21H,4-16H2,1-3H3/t17-,18-,19?. The van der Waals surface area contributed by atoms with Crippen molar-refractivity contribution in [1.82, 2.24) is 5.32 Å². The van der Waals surface area contributed by atoms with Gasteiger partial charge < -0.3 is 10.1 Å². The number of methoxy groups -OCH3 is 1. The number of hydrogen-bond donors (Lipinski definition) is 1. The maximum atomic E-state index is 11.6. The number of carbonyl (C=O) groups is 1. The van der Waals surface area contributed by atoms with Gasteiger partial charge in [-0.05, 0) is 45.1 Å². The summed E-state index contributed by atoms with van der Waals surface area (Å²) in [6.45, 7) is 2.27. The van der Waals surface area contributed by atoms with Crippen molar-refractivity contribution in [3.63, 3.8) is 0 Å². The summed E-state index contributed by atoms with van der Waals surface area (Å²) in [5.41, 5.74) is 0. The van der Waals surface area contributed by atoms with Crippen molar-refractivity contribution in [2.75, 3.05) is 14.2 Å². The Kier molecular flexibility index (Phi) is 11.4. The fraction of sp³-hybridized carbons (Fsp3) is 0.950. The molecule has 1 atom stereocenters. The lowest BCUT2D eigenvalue weighted by Crippen LogP contribution is -2.37. The topological polar surface area (TPSA) is 38.3 Å². The van der Waals surface area contributed by atoms with E-state index in [9.17, 15) is 4.79 Å². The number of ether oxygens (including phenoxy) is 1. The molecule has 23 heavy (non-hydrogen) atoms. The monoisotopic (exact) mass is 325 g/mol. The highest BCUT2D eigenvalue weighted by Crippen LogP contribution is 2.33. The van der Waals surface area contributed by atoms with Crippen LogP contribution < -0.4 is 5.32 Å². The van der Waals surface area contributed by atoms with E-state index >= 15 is 0 Å². The lowest BCUT2D eigenvalue weighted by molar-refractivity contribution is -0.146. The highest BCUT2D eigenvalue weighted by molar-refractivity contribution is 5.72. The minimum atomic E-state index is -0.00692. The number of hydrogen-bond acceptors (Lipinski definition) is 3. The quantitative estimate of drug-likeness (QED) is 0.401. The summed E-state index contributed by atoms with van der Waals surface area (Å²) < 4.78 is 4.88. The van der Waals surface area contributed by atoms with Crippen LogP contribution in [0.3, 0.4) is 0 Å². The smallest absolute Gasteiger partial charge is 0.308 e. The van der Waals surface area contributed by atoms with Crippen molar-refractivity contribution in [2.45, 2.75) is 96.4 Å². The van der Waals surface area contributed by atoms with Gasteiger partial charge in [-0.1, -0.05) is 58.3 Å². The molecule has 0 heterocycles. The molecule has 1 aliphatic carbocycles. The summed E-state index contributed by atoms with van der Waals surface area (Å²) in [5.74, 6) is 0.884. The molecule has 136 valence electrons. The van der Waals surface area contributed by atoms with Gasteiger partial charge in [0.2, 0.25) is 0 Å². The average molecular weight is 326 g/mol. The van der Waals surface area contributed by atoms with E-state index in [1.54, 1.807) is 0 Å². The molecule has 1 rings (SSSR count). The Hall–Kier alpha value is -0.570. The second-order valence-electron chi connectivity index (χ2n) is 7.29. The molecule has 3 nitrogen and oxygen atoms in total. The molecule has 0 aromatic heterocycles. The second-order valence-corrected chi connectivity index (χ2v) is 7.29. The van der Waals surface area contributed by atoms with Crippen LogP contribution in [-0.4, -0.2) is 26.2 Å². The van der Waals surface area contributed by atoms with Gasteiger partial charge in [0.25, 0.3) is 0 Å². The van der Waals surface area contributed by atoms with Crippen molar-refractivity contribution in [3.8, 4) is 0 Å². The van der Waals surface area contributed by atoms with Crippen LogP contribution in [-0.2, 0) is 9.53 Å². The van der Waals surface area contributed by atoms with Gasteiger partial charge in [-0.2, -0.15) is 0 Å². The summed E-state index contributed by atoms with van der Waals surface area (Å²) in [5, 5.41) is 3.53. The second kappa shape index (κ2) is 12.8. The van der Waals surface area contributed by atoms with Crippen molar-refractivity contribution in [1.29, 1.82) is 0 Å². The first-order chi connectivity index (χ1) is 11.2. The Bertz CT molecular complexity index is 298. The maximum Gasteiger partial charge on any atom is 0.308 e. The Morgan fingerprint density at radius 1 is 1.00 bits per heavy atom. The molecule has 0 aromatic rings. The Labute approximate surface area is 143 Å². The van der Waals surface area contributed by atoms with Crippen LogP contribution >= 0.6 is 0 Å². The van der Waals surface area contributed by atoms with Gasteiger partial charge in [0.05, 0.1) is 13.0 Å². The maximum absolute atomic E-state index is 11.6.